The van der Waals surface area contributed by atoms with Crippen LogP contribution < -0.4 is 10.6 Å². The number of benzene rings is 2. The zero-order valence-corrected chi connectivity index (χ0v) is 17.5. The van der Waals surface area contributed by atoms with Gasteiger partial charge in [-0.05, 0) is 24.6 Å². The first-order valence-electron chi connectivity index (χ1n) is 9.91. The number of halogens is 4. The number of nitrogens with one attached hydrogen (secondary N) is 2. The van der Waals surface area contributed by atoms with Crippen LogP contribution in [-0.2, 0) is 16.1 Å². The molecule has 0 aliphatic carbocycles. The van der Waals surface area contributed by atoms with Gasteiger partial charge in [0, 0.05) is 29.7 Å². The first kappa shape index (κ1) is 23.9. The molecule has 0 unspecified atom stereocenters. The highest BCUT2D eigenvalue weighted by molar-refractivity contribution is 6.43. The maximum absolute atomic E-state index is 14.3. The van der Waals surface area contributed by atoms with Gasteiger partial charge in [-0.25, -0.2) is 9.40 Å². The van der Waals surface area contributed by atoms with Gasteiger partial charge < -0.3 is 10.6 Å². The van der Waals surface area contributed by atoms with Gasteiger partial charge in [-0.1, -0.05) is 30.3 Å². The lowest BCUT2D eigenvalue weighted by atomic mass is 10.1. The van der Waals surface area contributed by atoms with E-state index in [0.717, 1.165) is 17.7 Å². The number of alkyl halides is 3. The van der Waals surface area contributed by atoms with Crippen LogP contribution in [0.15, 0.2) is 47.6 Å². The number of hydrazone groups is 1. The summed E-state index contributed by atoms with van der Waals surface area (Å²) in [5.41, 5.74) is 0.351. The minimum atomic E-state index is -4.63. The summed E-state index contributed by atoms with van der Waals surface area (Å²) in [4.78, 5) is 36.9. The highest BCUT2D eigenvalue weighted by Gasteiger charge is 2.29. The Labute approximate surface area is 186 Å². The summed E-state index contributed by atoms with van der Waals surface area (Å²) in [5, 5.41) is 9.37. The Kier molecular flexibility index (Phi) is 7.10. The zero-order chi connectivity index (χ0) is 24.2. The lowest BCUT2D eigenvalue weighted by Gasteiger charge is -2.23. The van der Waals surface area contributed by atoms with E-state index >= 15 is 0 Å². The predicted octanol–water partition coefficient (Wildman–Crippen LogP) is 3.54. The number of carbonyl (C=O) groups is 3. The topological polar surface area (TPSA) is 90.9 Å². The van der Waals surface area contributed by atoms with Crippen LogP contribution in [0.25, 0.3) is 0 Å². The second-order valence-electron chi connectivity index (χ2n) is 7.37. The molecule has 11 heteroatoms. The molecule has 0 fully saturated rings. The van der Waals surface area contributed by atoms with Gasteiger partial charge in [0.1, 0.15) is 18.1 Å². The highest BCUT2D eigenvalue weighted by Crippen LogP contribution is 2.22. The molecule has 1 aliphatic heterocycles. The van der Waals surface area contributed by atoms with Crippen molar-refractivity contribution in [3.8, 4) is 0 Å². The summed E-state index contributed by atoms with van der Waals surface area (Å²) >= 11 is 0. The molecular weight excluding hydrogens is 444 g/mol. The summed E-state index contributed by atoms with van der Waals surface area (Å²) in [7, 11) is 0. The first-order valence-corrected chi connectivity index (χ1v) is 9.91. The molecule has 3 rings (SSSR count). The van der Waals surface area contributed by atoms with E-state index in [9.17, 15) is 31.9 Å². The van der Waals surface area contributed by atoms with Crippen LogP contribution in [0.4, 0.5) is 23.2 Å². The van der Waals surface area contributed by atoms with Crippen molar-refractivity contribution in [3.63, 3.8) is 0 Å². The minimum absolute atomic E-state index is 0.00986. The quantitative estimate of drug-likeness (QED) is 0.641. The number of carbonyl (C=O) groups excluding carboxylic acids is 3. The van der Waals surface area contributed by atoms with Crippen LogP contribution in [-0.4, -0.2) is 41.2 Å². The van der Waals surface area contributed by atoms with Crippen molar-refractivity contribution < 1.29 is 31.9 Å². The Morgan fingerprint density at radius 2 is 1.79 bits per heavy atom. The molecule has 0 radical (unpaired) electrons. The van der Waals surface area contributed by atoms with Gasteiger partial charge in [0.15, 0.2) is 0 Å². The number of rotatable bonds is 6. The second-order valence-corrected chi connectivity index (χ2v) is 7.37. The molecule has 2 N–H and O–H groups in total. The minimum Gasteiger partial charge on any atom is -0.343 e. The molecule has 1 heterocycles. The fourth-order valence-electron chi connectivity index (χ4n) is 3.06. The Morgan fingerprint density at radius 1 is 1.09 bits per heavy atom. The maximum Gasteiger partial charge on any atom is 0.405 e. The van der Waals surface area contributed by atoms with Crippen LogP contribution in [0, 0.1) is 12.7 Å². The van der Waals surface area contributed by atoms with Crippen LogP contribution >= 0.6 is 0 Å². The van der Waals surface area contributed by atoms with Crippen LogP contribution in [0.1, 0.15) is 34.3 Å². The van der Waals surface area contributed by atoms with E-state index in [2.05, 4.69) is 10.4 Å². The standard InChI is InChI=1S/C22H20F4N4O3/c1-13-16(23)9-15(20(32)27-12-22(24,25)26)10-18(13)28-21(33)17-7-8-19(31)30(29-17)11-14-5-3-2-4-6-14/h2-6,9-10H,7-8,11-12H2,1H3,(H,27,32)(H,28,33). The van der Waals surface area contributed by atoms with Crippen molar-refractivity contribution in [2.75, 3.05) is 11.9 Å². The summed E-state index contributed by atoms with van der Waals surface area (Å²) in [6, 6.07) is 10.9. The molecule has 0 spiro atoms. The van der Waals surface area contributed by atoms with Gasteiger partial charge in [0.05, 0.1) is 6.54 Å². The fraction of sp³-hybridized carbons (Fsp3) is 0.273. The van der Waals surface area contributed by atoms with Gasteiger partial charge in [0.25, 0.3) is 11.8 Å². The average Bonchev–Trinajstić information content (AvgIpc) is 2.76. The normalized spacial score (nSPS) is 14.0. The average molecular weight is 464 g/mol. The molecule has 0 saturated heterocycles. The Bertz CT molecular complexity index is 1100. The molecule has 2 aromatic carbocycles. The van der Waals surface area contributed by atoms with Crippen molar-refractivity contribution in [3.05, 3.63) is 65.0 Å². The lowest BCUT2D eigenvalue weighted by molar-refractivity contribution is -0.132. The van der Waals surface area contributed by atoms with Gasteiger partial charge in [-0.15, -0.1) is 0 Å². The molecule has 2 aromatic rings. The molecule has 3 amide bonds. The first-order chi connectivity index (χ1) is 15.5. The van der Waals surface area contributed by atoms with Crippen LogP contribution in [0.5, 0.6) is 0 Å². The van der Waals surface area contributed by atoms with Gasteiger partial charge in [-0.3, -0.25) is 14.4 Å². The van der Waals surface area contributed by atoms with Crippen molar-refractivity contribution in [2.24, 2.45) is 5.10 Å². The van der Waals surface area contributed by atoms with E-state index in [1.54, 1.807) is 29.6 Å². The van der Waals surface area contributed by atoms with Crippen molar-refractivity contribution in [1.82, 2.24) is 10.3 Å². The van der Waals surface area contributed by atoms with Gasteiger partial charge in [0.2, 0.25) is 5.91 Å². The van der Waals surface area contributed by atoms with Crippen molar-refractivity contribution >= 4 is 29.1 Å². The molecule has 0 aromatic heterocycles. The summed E-state index contributed by atoms with van der Waals surface area (Å²) < 4.78 is 51.3. The molecule has 0 saturated carbocycles. The fourth-order valence-corrected chi connectivity index (χ4v) is 3.06. The third-order valence-electron chi connectivity index (χ3n) is 4.85. The number of hydrogen-bond donors (Lipinski definition) is 2. The molecule has 174 valence electrons. The summed E-state index contributed by atoms with van der Waals surface area (Å²) in [5.74, 6) is -3.00. The second kappa shape index (κ2) is 9.80. The van der Waals surface area contributed by atoms with Gasteiger partial charge >= 0.3 is 6.18 Å². The largest absolute Gasteiger partial charge is 0.405 e. The zero-order valence-electron chi connectivity index (χ0n) is 17.5. The third-order valence-corrected chi connectivity index (χ3v) is 4.85. The maximum atomic E-state index is 14.3. The molecule has 7 nitrogen and oxygen atoms in total. The summed E-state index contributed by atoms with van der Waals surface area (Å²) in [6.45, 7) is -0.0691. The molecular formula is C22H20F4N4O3. The SMILES string of the molecule is Cc1c(F)cc(C(=O)NCC(F)(F)F)cc1NC(=O)C1=NN(Cc2ccccc2)C(=O)CC1. The van der Waals surface area contributed by atoms with E-state index in [-0.39, 0.29) is 47.8 Å². The van der Waals surface area contributed by atoms with Crippen molar-refractivity contribution in [2.45, 2.75) is 32.5 Å². The lowest BCUT2D eigenvalue weighted by Crippen LogP contribution is -2.36. The number of anilines is 1. The smallest absolute Gasteiger partial charge is 0.343 e. The van der Waals surface area contributed by atoms with Gasteiger partial charge in [-0.2, -0.15) is 18.3 Å². The Hall–Kier alpha value is -3.76. The number of nitrogens with zero attached hydrogens (tertiary/aromatic N) is 2. The van der Waals surface area contributed by atoms with Crippen molar-refractivity contribution in [1.29, 1.82) is 0 Å². The molecule has 0 atom stereocenters. The predicted molar refractivity (Wildman–Crippen MR) is 112 cm³/mol. The number of hydrogen-bond acceptors (Lipinski definition) is 4. The van der Waals surface area contributed by atoms with Crippen LogP contribution in [0.2, 0.25) is 0 Å². The Morgan fingerprint density at radius 3 is 2.45 bits per heavy atom. The number of amides is 3. The Balaban J connectivity index is 1.77. The third kappa shape index (κ3) is 6.37. The molecule has 0 bridgehead atoms. The van der Waals surface area contributed by atoms with Crippen LogP contribution in [0.3, 0.4) is 0 Å². The van der Waals surface area contributed by atoms with E-state index in [1.807, 2.05) is 6.07 Å². The van der Waals surface area contributed by atoms with E-state index in [0.29, 0.717) is 0 Å². The monoisotopic (exact) mass is 464 g/mol. The summed E-state index contributed by atoms with van der Waals surface area (Å²) in [6.07, 6.45) is -4.52. The van der Waals surface area contributed by atoms with E-state index in [1.165, 1.54) is 11.9 Å². The van der Waals surface area contributed by atoms with E-state index < -0.39 is 30.4 Å². The molecule has 33 heavy (non-hydrogen) atoms. The van der Waals surface area contributed by atoms with E-state index in [4.69, 9.17) is 0 Å². The highest BCUT2D eigenvalue weighted by atomic mass is 19.4. The molecule has 1 aliphatic rings.